The number of aliphatic hydroxyl groups is 1. The van der Waals surface area contributed by atoms with Crippen LogP contribution in [0.1, 0.15) is 32.6 Å². The first-order valence-electron chi connectivity index (χ1n) is 6.25. The van der Waals surface area contributed by atoms with E-state index >= 15 is 0 Å². The second-order valence-corrected chi connectivity index (χ2v) is 6.01. The molecule has 4 nitrogen and oxygen atoms in total. The minimum Gasteiger partial charge on any atom is -0.393 e. The number of aliphatic hydroxyl groups excluding tert-OH is 1. The van der Waals surface area contributed by atoms with Crippen molar-refractivity contribution in [2.75, 3.05) is 19.8 Å². The zero-order chi connectivity index (χ0) is 12.8. The Morgan fingerprint density at radius 3 is 2.82 bits per heavy atom. The second-order valence-electron chi connectivity index (χ2n) is 4.88. The van der Waals surface area contributed by atoms with Gasteiger partial charge in [0.1, 0.15) is 0 Å². The van der Waals surface area contributed by atoms with E-state index in [-0.39, 0.29) is 12.1 Å². The van der Waals surface area contributed by atoms with E-state index in [4.69, 9.17) is 0 Å². The number of urea groups is 1. The van der Waals surface area contributed by atoms with E-state index in [1.165, 1.54) is 6.42 Å². The first-order chi connectivity index (χ1) is 8.02. The Hall–Kier alpha value is -0.420. The molecule has 0 heterocycles. The number of hydrogen-bond acceptors (Lipinski definition) is 3. The number of nitrogens with zero attached hydrogens (tertiary/aromatic N) is 1. The Morgan fingerprint density at radius 2 is 2.29 bits per heavy atom. The number of hydrogen-bond donors (Lipinski definition) is 2. The van der Waals surface area contributed by atoms with Crippen LogP contribution in [0.4, 0.5) is 4.79 Å². The average molecular weight is 260 g/mol. The van der Waals surface area contributed by atoms with E-state index in [2.05, 4.69) is 11.6 Å². The molecule has 0 spiro atoms. The van der Waals surface area contributed by atoms with Crippen molar-refractivity contribution in [1.29, 1.82) is 0 Å². The lowest BCUT2D eigenvalue weighted by molar-refractivity contribution is 0.162. The molecule has 1 saturated carbocycles. The number of amides is 2. The number of thioether (sulfide) groups is 1. The van der Waals surface area contributed by atoms with E-state index < -0.39 is 0 Å². The van der Waals surface area contributed by atoms with Crippen molar-refractivity contribution >= 4 is 17.8 Å². The van der Waals surface area contributed by atoms with Crippen molar-refractivity contribution in [1.82, 2.24) is 10.2 Å². The molecule has 0 aromatic rings. The zero-order valence-electron chi connectivity index (χ0n) is 11.0. The van der Waals surface area contributed by atoms with Crippen molar-refractivity contribution in [3.63, 3.8) is 0 Å². The monoisotopic (exact) mass is 260 g/mol. The SMILES string of the molecule is CSC1CCC(NC(=O)N(C)CCC(C)O)C1. The molecule has 2 N–H and O–H groups in total. The molecule has 0 bridgehead atoms. The van der Waals surface area contributed by atoms with Crippen molar-refractivity contribution in [2.24, 2.45) is 0 Å². The summed E-state index contributed by atoms with van der Waals surface area (Å²) in [5.74, 6) is 0. The Morgan fingerprint density at radius 1 is 1.59 bits per heavy atom. The van der Waals surface area contributed by atoms with Gasteiger partial charge >= 0.3 is 6.03 Å². The predicted octanol–water partition coefficient (Wildman–Crippen LogP) is 1.68. The molecule has 0 aromatic heterocycles. The van der Waals surface area contributed by atoms with Crippen LogP contribution in [-0.4, -0.2) is 53.3 Å². The predicted molar refractivity (Wildman–Crippen MR) is 72.4 cm³/mol. The first-order valence-corrected chi connectivity index (χ1v) is 7.54. The van der Waals surface area contributed by atoms with E-state index in [0.29, 0.717) is 24.3 Å². The average Bonchev–Trinajstić information content (AvgIpc) is 2.73. The van der Waals surface area contributed by atoms with Crippen LogP contribution >= 0.6 is 11.8 Å². The molecule has 1 aliphatic rings. The third-order valence-corrected chi connectivity index (χ3v) is 4.37. The normalized spacial score (nSPS) is 25.6. The fourth-order valence-corrected chi connectivity index (χ4v) is 2.85. The summed E-state index contributed by atoms with van der Waals surface area (Å²) in [6.45, 7) is 2.34. The lowest BCUT2D eigenvalue weighted by atomic mass is 10.2. The number of carbonyl (C=O) groups excluding carboxylic acids is 1. The summed E-state index contributed by atoms with van der Waals surface area (Å²) in [5, 5.41) is 12.9. The Kier molecular flexibility index (Phi) is 6.12. The van der Waals surface area contributed by atoms with Gasteiger partial charge in [-0.25, -0.2) is 4.79 Å². The molecule has 1 rings (SSSR count). The standard InChI is InChI=1S/C12H24N2O2S/c1-9(15)6-7-14(2)12(16)13-10-4-5-11(8-10)17-3/h9-11,15H,4-8H2,1-3H3,(H,13,16). The van der Waals surface area contributed by atoms with Crippen molar-refractivity contribution in [3.8, 4) is 0 Å². The fourth-order valence-electron chi connectivity index (χ4n) is 2.05. The zero-order valence-corrected chi connectivity index (χ0v) is 11.8. The molecule has 1 aliphatic carbocycles. The van der Waals surface area contributed by atoms with Crippen LogP contribution in [0.5, 0.6) is 0 Å². The van der Waals surface area contributed by atoms with Crippen LogP contribution in [0, 0.1) is 0 Å². The number of nitrogens with one attached hydrogen (secondary N) is 1. The minimum atomic E-state index is -0.349. The third-order valence-electron chi connectivity index (χ3n) is 3.27. The number of carbonyl (C=O) groups is 1. The Bertz CT molecular complexity index is 249. The van der Waals surface area contributed by atoms with Crippen LogP contribution in [0.15, 0.2) is 0 Å². The van der Waals surface area contributed by atoms with E-state index in [1.54, 1.807) is 18.9 Å². The second kappa shape index (κ2) is 7.11. The van der Waals surface area contributed by atoms with E-state index in [1.807, 2.05) is 11.8 Å². The topological polar surface area (TPSA) is 52.6 Å². The Labute approximate surface area is 108 Å². The molecular weight excluding hydrogens is 236 g/mol. The lowest BCUT2D eigenvalue weighted by Crippen LogP contribution is -2.43. The maximum atomic E-state index is 11.8. The molecule has 1 fully saturated rings. The summed E-state index contributed by atoms with van der Waals surface area (Å²) in [7, 11) is 1.78. The van der Waals surface area contributed by atoms with Crippen molar-refractivity contribution in [2.45, 2.75) is 50.0 Å². The van der Waals surface area contributed by atoms with Gasteiger partial charge in [0.15, 0.2) is 0 Å². The maximum Gasteiger partial charge on any atom is 0.317 e. The van der Waals surface area contributed by atoms with Crippen molar-refractivity contribution in [3.05, 3.63) is 0 Å². The van der Waals surface area contributed by atoms with Gasteiger partial charge in [-0.05, 0) is 38.9 Å². The van der Waals surface area contributed by atoms with Gasteiger partial charge in [0.25, 0.3) is 0 Å². The lowest BCUT2D eigenvalue weighted by Gasteiger charge is -2.21. The summed E-state index contributed by atoms with van der Waals surface area (Å²) in [6, 6.07) is 0.311. The molecular formula is C12H24N2O2S. The molecule has 2 amide bonds. The van der Waals surface area contributed by atoms with Gasteiger partial charge < -0.3 is 15.3 Å². The van der Waals surface area contributed by atoms with E-state index in [0.717, 1.165) is 12.8 Å². The molecule has 3 atom stereocenters. The van der Waals surface area contributed by atoms with Gasteiger partial charge in [-0.15, -0.1) is 0 Å². The highest BCUT2D eigenvalue weighted by Gasteiger charge is 2.25. The summed E-state index contributed by atoms with van der Waals surface area (Å²) < 4.78 is 0. The highest BCUT2D eigenvalue weighted by molar-refractivity contribution is 7.99. The van der Waals surface area contributed by atoms with Crippen LogP contribution in [0.2, 0.25) is 0 Å². The van der Waals surface area contributed by atoms with Crippen LogP contribution in [0.3, 0.4) is 0 Å². The highest BCUT2D eigenvalue weighted by atomic mass is 32.2. The minimum absolute atomic E-state index is 0.0163. The highest BCUT2D eigenvalue weighted by Crippen LogP contribution is 2.28. The summed E-state index contributed by atoms with van der Waals surface area (Å²) in [6.07, 6.45) is 5.77. The molecule has 17 heavy (non-hydrogen) atoms. The van der Waals surface area contributed by atoms with Crippen LogP contribution in [-0.2, 0) is 0 Å². The van der Waals surface area contributed by atoms with Crippen LogP contribution in [0.25, 0.3) is 0 Å². The largest absolute Gasteiger partial charge is 0.393 e. The smallest absolute Gasteiger partial charge is 0.317 e. The molecule has 0 aliphatic heterocycles. The van der Waals surface area contributed by atoms with Gasteiger partial charge in [0, 0.05) is 24.9 Å². The van der Waals surface area contributed by atoms with Crippen molar-refractivity contribution < 1.29 is 9.90 Å². The summed E-state index contributed by atoms with van der Waals surface area (Å²) in [5.41, 5.74) is 0. The quantitative estimate of drug-likeness (QED) is 0.791. The Balaban J connectivity index is 2.24. The van der Waals surface area contributed by atoms with Gasteiger partial charge in [-0.2, -0.15) is 11.8 Å². The summed E-state index contributed by atoms with van der Waals surface area (Å²) in [4.78, 5) is 13.5. The molecule has 0 radical (unpaired) electrons. The third kappa shape index (κ3) is 5.17. The van der Waals surface area contributed by atoms with Crippen LogP contribution < -0.4 is 5.32 Å². The molecule has 0 saturated heterocycles. The van der Waals surface area contributed by atoms with Gasteiger partial charge in [-0.1, -0.05) is 0 Å². The van der Waals surface area contributed by atoms with Gasteiger partial charge in [0.2, 0.25) is 0 Å². The first kappa shape index (κ1) is 14.6. The molecule has 5 heteroatoms. The number of rotatable bonds is 5. The van der Waals surface area contributed by atoms with E-state index in [9.17, 15) is 9.90 Å². The summed E-state index contributed by atoms with van der Waals surface area (Å²) >= 11 is 1.89. The van der Waals surface area contributed by atoms with Gasteiger partial charge in [0.05, 0.1) is 6.10 Å². The fraction of sp³-hybridized carbons (Fsp3) is 0.917. The molecule has 100 valence electrons. The molecule has 3 unspecified atom stereocenters. The van der Waals surface area contributed by atoms with Gasteiger partial charge in [-0.3, -0.25) is 0 Å². The maximum absolute atomic E-state index is 11.8. The molecule has 0 aromatic carbocycles.